The van der Waals surface area contributed by atoms with Crippen molar-refractivity contribution in [2.75, 3.05) is 19.6 Å². The summed E-state index contributed by atoms with van der Waals surface area (Å²) in [5, 5.41) is 12.9. The van der Waals surface area contributed by atoms with Crippen LogP contribution in [0.2, 0.25) is 0 Å². The van der Waals surface area contributed by atoms with Crippen LogP contribution in [0.25, 0.3) is 0 Å². The molecule has 0 aromatic carbocycles. The molecular formula is C12H24N2O2. The normalized spacial score (nSPS) is 19.9. The number of amides is 1. The molecule has 0 aliphatic carbocycles. The number of carbonyl (C=O) groups is 1. The average Bonchev–Trinajstić information content (AvgIpc) is 2.08. The predicted molar refractivity (Wildman–Crippen MR) is 64.1 cm³/mol. The number of β-amino-alcohol motifs (C(OH)–C–C–N with tert-alkyl or cyclic N) is 1. The van der Waals surface area contributed by atoms with Crippen LogP contribution in [-0.4, -0.2) is 47.2 Å². The third-order valence-corrected chi connectivity index (χ3v) is 3.17. The lowest BCUT2D eigenvalue weighted by Gasteiger charge is -2.49. The van der Waals surface area contributed by atoms with Gasteiger partial charge in [0.1, 0.15) is 0 Å². The van der Waals surface area contributed by atoms with E-state index in [2.05, 4.69) is 10.2 Å². The van der Waals surface area contributed by atoms with Crippen LogP contribution < -0.4 is 5.32 Å². The molecular weight excluding hydrogens is 204 g/mol. The van der Waals surface area contributed by atoms with Gasteiger partial charge in [0.05, 0.1) is 5.60 Å². The summed E-state index contributed by atoms with van der Waals surface area (Å²) in [4.78, 5) is 13.5. The fourth-order valence-electron chi connectivity index (χ4n) is 1.91. The van der Waals surface area contributed by atoms with Crippen LogP contribution in [0.3, 0.4) is 0 Å². The van der Waals surface area contributed by atoms with Gasteiger partial charge in [0.25, 0.3) is 0 Å². The molecule has 1 heterocycles. The summed E-state index contributed by atoms with van der Waals surface area (Å²) < 4.78 is 0. The first-order valence-corrected chi connectivity index (χ1v) is 6.07. The van der Waals surface area contributed by atoms with Crippen molar-refractivity contribution in [1.29, 1.82) is 0 Å². The number of likely N-dealkylation sites (tertiary alicyclic amines) is 1. The van der Waals surface area contributed by atoms with E-state index in [9.17, 15) is 9.90 Å². The van der Waals surface area contributed by atoms with E-state index in [1.807, 2.05) is 27.7 Å². The van der Waals surface area contributed by atoms with E-state index in [0.717, 1.165) is 6.54 Å². The molecule has 0 aromatic rings. The minimum Gasteiger partial charge on any atom is -0.387 e. The molecule has 94 valence electrons. The summed E-state index contributed by atoms with van der Waals surface area (Å²) in [6.45, 7) is 10.1. The average molecular weight is 228 g/mol. The first kappa shape index (κ1) is 13.5. The van der Waals surface area contributed by atoms with Crippen LogP contribution in [-0.2, 0) is 4.79 Å². The topological polar surface area (TPSA) is 52.6 Å². The minimum absolute atomic E-state index is 0.0926. The van der Waals surface area contributed by atoms with Gasteiger partial charge in [0.2, 0.25) is 5.91 Å². The molecule has 1 aliphatic heterocycles. The van der Waals surface area contributed by atoms with Gasteiger partial charge in [-0.1, -0.05) is 13.8 Å². The van der Waals surface area contributed by atoms with E-state index >= 15 is 0 Å². The van der Waals surface area contributed by atoms with Gasteiger partial charge < -0.3 is 10.4 Å². The van der Waals surface area contributed by atoms with Crippen LogP contribution in [0.4, 0.5) is 0 Å². The third-order valence-electron chi connectivity index (χ3n) is 3.17. The highest BCUT2D eigenvalue weighted by Gasteiger charge is 2.43. The number of hydrogen-bond acceptors (Lipinski definition) is 3. The summed E-state index contributed by atoms with van der Waals surface area (Å²) in [6.07, 6.45) is 0.520. The maximum absolute atomic E-state index is 11.4. The zero-order valence-corrected chi connectivity index (χ0v) is 10.8. The summed E-state index contributed by atoms with van der Waals surface area (Å²) in [7, 11) is 0. The Hall–Kier alpha value is -0.610. The van der Waals surface area contributed by atoms with Gasteiger partial charge in [-0.05, 0) is 19.8 Å². The van der Waals surface area contributed by atoms with Crippen molar-refractivity contribution in [1.82, 2.24) is 10.2 Å². The molecule has 4 nitrogen and oxygen atoms in total. The van der Waals surface area contributed by atoms with Crippen LogP contribution in [0.15, 0.2) is 0 Å². The standard InChI is InChI=1S/C12H24N2O2/c1-9(2)12(16)7-14(8-12)6-5-11(15)13-10(3)4/h9-10,16H,5-8H2,1-4H3,(H,13,15). The Morgan fingerprint density at radius 2 is 1.94 bits per heavy atom. The fraction of sp³-hybridized carbons (Fsp3) is 0.917. The summed E-state index contributed by atoms with van der Waals surface area (Å²) in [5.74, 6) is 0.378. The molecule has 1 fully saturated rings. The molecule has 0 radical (unpaired) electrons. The Kier molecular flexibility index (Phi) is 4.33. The summed E-state index contributed by atoms with van der Waals surface area (Å²) >= 11 is 0. The van der Waals surface area contributed by atoms with Crippen molar-refractivity contribution in [3.05, 3.63) is 0 Å². The lowest BCUT2D eigenvalue weighted by atomic mass is 9.83. The molecule has 1 saturated heterocycles. The Labute approximate surface area is 98.0 Å². The number of aliphatic hydroxyl groups is 1. The Balaban J connectivity index is 2.16. The fourth-order valence-corrected chi connectivity index (χ4v) is 1.91. The van der Waals surface area contributed by atoms with Gasteiger partial charge in [-0.2, -0.15) is 0 Å². The molecule has 0 atom stereocenters. The highest BCUT2D eigenvalue weighted by molar-refractivity contribution is 5.76. The first-order valence-electron chi connectivity index (χ1n) is 6.07. The zero-order valence-electron chi connectivity index (χ0n) is 10.8. The number of nitrogens with one attached hydrogen (secondary N) is 1. The molecule has 4 heteroatoms. The first-order chi connectivity index (χ1) is 7.33. The molecule has 16 heavy (non-hydrogen) atoms. The van der Waals surface area contributed by atoms with Crippen LogP contribution in [0.1, 0.15) is 34.1 Å². The van der Waals surface area contributed by atoms with E-state index in [0.29, 0.717) is 19.5 Å². The summed E-state index contributed by atoms with van der Waals surface area (Å²) in [6, 6.07) is 0.205. The number of nitrogens with zero attached hydrogens (tertiary/aromatic N) is 1. The van der Waals surface area contributed by atoms with E-state index in [1.54, 1.807) is 0 Å². The number of carbonyl (C=O) groups excluding carboxylic acids is 1. The molecule has 0 unspecified atom stereocenters. The van der Waals surface area contributed by atoms with E-state index in [4.69, 9.17) is 0 Å². The molecule has 1 rings (SSSR count). The molecule has 2 N–H and O–H groups in total. The third kappa shape index (κ3) is 3.46. The van der Waals surface area contributed by atoms with E-state index in [1.165, 1.54) is 0 Å². The smallest absolute Gasteiger partial charge is 0.221 e. The van der Waals surface area contributed by atoms with Crippen LogP contribution in [0, 0.1) is 5.92 Å². The lowest BCUT2D eigenvalue weighted by molar-refractivity contribution is -0.134. The SMILES string of the molecule is CC(C)NC(=O)CCN1CC(O)(C(C)C)C1. The molecule has 0 aromatic heterocycles. The predicted octanol–water partition coefficient (Wildman–Crippen LogP) is 0.604. The quantitative estimate of drug-likeness (QED) is 0.724. The highest BCUT2D eigenvalue weighted by atomic mass is 16.3. The van der Waals surface area contributed by atoms with Gasteiger partial charge in [0.15, 0.2) is 0 Å². The van der Waals surface area contributed by atoms with Gasteiger partial charge in [-0.3, -0.25) is 9.69 Å². The Bertz CT molecular complexity index is 245. The highest BCUT2D eigenvalue weighted by Crippen LogP contribution is 2.28. The van der Waals surface area contributed by atoms with E-state index in [-0.39, 0.29) is 17.9 Å². The maximum Gasteiger partial charge on any atom is 0.221 e. The second-order valence-electron chi connectivity index (χ2n) is 5.44. The van der Waals surface area contributed by atoms with Crippen molar-refractivity contribution < 1.29 is 9.90 Å². The number of hydrogen-bond donors (Lipinski definition) is 2. The second-order valence-corrected chi connectivity index (χ2v) is 5.44. The monoisotopic (exact) mass is 228 g/mol. The molecule has 1 amide bonds. The zero-order chi connectivity index (χ0) is 12.3. The maximum atomic E-state index is 11.4. The molecule has 0 bridgehead atoms. The summed E-state index contributed by atoms with van der Waals surface area (Å²) in [5.41, 5.74) is -0.533. The van der Waals surface area contributed by atoms with Gasteiger partial charge in [-0.25, -0.2) is 0 Å². The van der Waals surface area contributed by atoms with Crippen molar-refractivity contribution in [2.45, 2.75) is 45.8 Å². The second kappa shape index (κ2) is 5.15. The van der Waals surface area contributed by atoms with Gasteiger partial charge in [-0.15, -0.1) is 0 Å². The van der Waals surface area contributed by atoms with Crippen molar-refractivity contribution in [2.24, 2.45) is 5.92 Å². The van der Waals surface area contributed by atoms with Crippen molar-refractivity contribution >= 4 is 5.91 Å². The lowest BCUT2D eigenvalue weighted by Crippen LogP contribution is -2.64. The van der Waals surface area contributed by atoms with Gasteiger partial charge in [0, 0.05) is 32.1 Å². The Morgan fingerprint density at radius 3 is 2.38 bits per heavy atom. The van der Waals surface area contributed by atoms with Crippen LogP contribution in [0.5, 0.6) is 0 Å². The Morgan fingerprint density at radius 1 is 1.38 bits per heavy atom. The van der Waals surface area contributed by atoms with E-state index < -0.39 is 5.60 Å². The molecule has 0 spiro atoms. The molecule has 0 saturated carbocycles. The largest absolute Gasteiger partial charge is 0.387 e. The van der Waals surface area contributed by atoms with Crippen LogP contribution >= 0.6 is 0 Å². The number of rotatable bonds is 5. The van der Waals surface area contributed by atoms with Crippen molar-refractivity contribution in [3.63, 3.8) is 0 Å². The minimum atomic E-state index is -0.533. The van der Waals surface area contributed by atoms with Gasteiger partial charge >= 0.3 is 0 Å². The molecule has 1 aliphatic rings. The van der Waals surface area contributed by atoms with Crippen molar-refractivity contribution in [3.8, 4) is 0 Å².